The lowest BCUT2D eigenvalue weighted by Crippen LogP contribution is -2.53. The van der Waals surface area contributed by atoms with Crippen LogP contribution in [0.1, 0.15) is 31.7 Å². The van der Waals surface area contributed by atoms with Gasteiger partial charge in [-0.2, -0.15) is 0 Å². The van der Waals surface area contributed by atoms with Crippen LogP contribution in [-0.2, 0) is 0 Å². The zero-order valence-corrected chi connectivity index (χ0v) is 12.7. The topological polar surface area (TPSA) is 61.4 Å². The Kier molecular flexibility index (Phi) is 4.36. The Hall–Kier alpha value is -1.21. The number of carbonyl (C=O) groups is 1. The van der Waals surface area contributed by atoms with Crippen LogP contribution < -0.4 is 5.32 Å². The minimum Gasteiger partial charge on any atom is -0.319 e. The minimum atomic E-state index is -0.0768. The Morgan fingerprint density at radius 1 is 1.42 bits per heavy atom. The van der Waals surface area contributed by atoms with E-state index < -0.39 is 0 Å². The molecule has 0 aliphatic carbocycles. The molecule has 1 aromatic rings. The molecule has 19 heavy (non-hydrogen) atoms. The molecule has 0 saturated carbocycles. The van der Waals surface area contributed by atoms with Gasteiger partial charge in [-0.3, -0.25) is 5.32 Å². The smallest absolute Gasteiger partial charge is 0.319 e. The summed E-state index contributed by atoms with van der Waals surface area (Å²) in [4.78, 5) is 16.3. The summed E-state index contributed by atoms with van der Waals surface area (Å²) < 4.78 is 0. The molecule has 2 heterocycles. The molecule has 1 aliphatic heterocycles. The van der Waals surface area contributed by atoms with E-state index >= 15 is 0 Å². The summed E-state index contributed by atoms with van der Waals surface area (Å²) in [5.74, 6) is 0.339. The van der Waals surface area contributed by atoms with E-state index in [0.29, 0.717) is 11.0 Å². The van der Waals surface area contributed by atoms with Crippen molar-refractivity contribution in [2.75, 3.05) is 32.0 Å². The summed E-state index contributed by atoms with van der Waals surface area (Å²) in [6.07, 6.45) is 0. The largest absolute Gasteiger partial charge is 0.324 e. The van der Waals surface area contributed by atoms with E-state index in [2.05, 4.69) is 48.2 Å². The Labute approximate surface area is 117 Å². The normalized spacial score (nSPS) is 20.9. The van der Waals surface area contributed by atoms with Crippen LogP contribution in [0.5, 0.6) is 0 Å². The molecule has 2 amide bonds. The summed E-state index contributed by atoms with van der Waals surface area (Å²) in [5.41, 5.74) is 0. The molecular weight excluding hydrogens is 262 g/mol. The number of amides is 2. The molecule has 0 radical (unpaired) electrons. The summed E-state index contributed by atoms with van der Waals surface area (Å²) in [5, 5.41) is 12.5. The fraction of sp³-hybridized carbons (Fsp3) is 0.750. The highest BCUT2D eigenvalue weighted by atomic mass is 32.1. The number of anilines is 1. The van der Waals surface area contributed by atoms with E-state index in [1.165, 1.54) is 11.3 Å². The van der Waals surface area contributed by atoms with Crippen molar-refractivity contribution in [3.63, 3.8) is 0 Å². The summed E-state index contributed by atoms with van der Waals surface area (Å²) >= 11 is 1.44. The SMILES string of the molecule is CC(C)c1nnc(NC(=O)N2CCN(C)CC2C)s1. The van der Waals surface area contributed by atoms with Gasteiger partial charge in [-0.15, -0.1) is 10.2 Å². The van der Waals surface area contributed by atoms with E-state index in [1.807, 2.05) is 4.90 Å². The second-order valence-electron chi connectivity index (χ2n) is 5.33. The van der Waals surface area contributed by atoms with Gasteiger partial charge < -0.3 is 9.80 Å². The zero-order chi connectivity index (χ0) is 14.0. The van der Waals surface area contributed by atoms with Gasteiger partial charge in [0.15, 0.2) is 0 Å². The number of likely N-dealkylation sites (N-methyl/N-ethyl adjacent to an activating group) is 1. The molecule has 1 unspecified atom stereocenters. The molecule has 1 aromatic heterocycles. The molecule has 2 rings (SSSR count). The van der Waals surface area contributed by atoms with Crippen LogP contribution in [0.3, 0.4) is 0 Å². The average Bonchev–Trinajstić information content (AvgIpc) is 2.77. The van der Waals surface area contributed by atoms with Crippen LogP contribution in [0.4, 0.5) is 9.93 Å². The van der Waals surface area contributed by atoms with Crippen molar-refractivity contribution in [3.05, 3.63) is 5.01 Å². The highest BCUT2D eigenvalue weighted by Crippen LogP contribution is 2.23. The van der Waals surface area contributed by atoms with Crippen LogP contribution in [0.25, 0.3) is 0 Å². The molecule has 7 heteroatoms. The molecule has 0 bridgehead atoms. The van der Waals surface area contributed by atoms with Crippen LogP contribution >= 0.6 is 11.3 Å². The lowest BCUT2D eigenvalue weighted by atomic mass is 10.2. The lowest BCUT2D eigenvalue weighted by molar-refractivity contribution is 0.125. The number of carbonyl (C=O) groups excluding carboxylic acids is 1. The molecule has 6 nitrogen and oxygen atoms in total. The van der Waals surface area contributed by atoms with E-state index in [-0.39, 0.29) is 12.1 Å². The maximum atomic E-state index is 12.2. The minimum absolute atomic E-state index is 0.0768. The Balaban J connectivity index is 1.96. The van der Waals surface area contributed by atoms with Crippen LogP contribution in [0.2, 0.25) is 0 Å². The first-order valence-electron chi connectivity index (χ1n) is 6.57. The molecule has 1 atom stereocenters. The molecule has 0 aromatic carbocycles. The number of piperazine rings is 1. The van der Waals surface area contributed by atoms with Crippen molar-refractivity contribution >= 4 is 22.5 Å². The standard InChI is InChI=1S/C12H21N5OS/c1-8(2)10-14-15-11(19-10)13-12(18)17-6-5-16(4)7-9(17)3/h8-9H,5-7H2,1-4H3,(H,13,15,18). The number of rotatable bonds is 2. The van der Waals surface area contributed by atoms with Gasteiger partial charge in [-0.1, -0.05) is 25.2 Å². The fourth-order valence-corrected chi connectivity index (χ4v) is 2.86. The van der Waals surface area contributed by atoms with Crippen LogP contribution in [0.15, 0.2) is 0 Å². The van der Waals surface area contributed by atoms with Crippen molar-refractivity contribution in [1.29, 1.82) is 0 Å². The number of urea groups is 1. The molecular formula is C12H21N5OS. The number of nitrogens with zero attached hydrogens (tertiary/aromatic N) is 4. The molecule has 1 saturated heterocycles. The van der Waals surface area contributed by atoms with Gasteiger partial charge in [0.2, 0.25) is 5.13 Å². The van der Waals surface area contributed by atoms with Gasteiger partial charge in [-0.05, 0) is 14.0 Å². The lowest BCUT2D eigenvalue weighted by Gasteiger charge is -2.37. The number of hydrogen-bond acceptors (Lipinski definition) is 5. The van der Waals surface area contributed by atoms with Gasteiger partial charge in [0, 0.05) is 31.6 Å². The average molecular weight is 283 g/mol. The van der Waals surface area contributed by atoms with E-state index in [0.717, 1.165) is 24.6 Å². The molecule has 106 valence electrons. The summed E-state index contributed by atoms with van der Waals surface area (Å²) in [7, 11) is 2.07. The van der Waals surface area contributed by atoms with Crippen LogP contribution in [0, 0.1) is 0 Å². The molecule has 1 aliphatic rings. The Bertz CT molecular complexity index is 447. The quantitative estimate of drug-likeness (QED) is 0.899. The first-order valence-corrected chi connectivity index (χ1v) is 7.38. The first-order chi connectivity index (χ1) is 8.97. The van der Waals surface area contributed by atoms with Crippen LogP contribution in [-0.4, -0.2) is 58.8 Å². The Morgan fingerprint density at radius 3 is 2.74 bits per heavy atom. The van der Waals surface area contributed by atoms with E-state index in [4.69, 9.17) is 0 Å². The third-order valence-corrected chi connectivity index (χ3v) is 4.38. The molecule has 0 spiro atoms. The molecule has 1 fully saturated rings. The first kappa shape index (κ1) is 14.2. The second kappa shape index (κ2) is 5.83. The van der Waals surface area contributed by atoms with E-state index in [9.17, 15) is 4.79 Å². The second-order valence-corrected chi connectivity index (χ2v) is 6.34. The van der Waals surface area contributed by atoms with Crippen molar-refractivity contribution in [1.82, 2.24) is 20.0 Å². The maximum absolute atomic E-state index is 12.2. The predicted octanol–water partition coefficient (Wildman–Crippen LogP) is 1.83. The monoisotopic (exact) mass is 283 g/mol. The number of hydrogen-bond donors (Lipinski definition) is 1. The van der Waals surface area contributed by atoms with Crippen molar-refractivity contribution < 1.29 is 4.79 Å². The van der Waals surface area contributed by atoms with E-state index in [1.54, 1.807) is 0 Å². The van der Waals surface area contributed by atoms with Gasteiger partial charge in [0.25, 0.3) is 0 Å². The highest BCUT2D eigenvalue weighted by molar-refractivity contribution is 7.15. The Morgan fingerprint density at radius 2 is 2.16 bits per heavy atom. The van der Waals surface area contributed by atoms with Gasteiger partial charge in [0.1, 0.15) is 5.01 Å². The van der Waals surface area contributed by atoms with Gasteiger partial charge in [-0.25, -0.2) is 4.79 Å². The van der Waals surface area contributed by atoms with Crippen molar-refractivity contribution in [3.8, 4) is 0 Å². The third-order valence-electron chi connectivity index (χ3n) is 3.24. The van der Waals surface area contributed by atoms with Gasteiger partial charge >= 0.3 is 6.03 Å². The summed E-state index contributed by atoms with van der Waals surface area (Å²) in [6.45, 7) is 8.75. The van der Waals surface area contributed by atoms with Crippen molar-refractivity contribution in [2.45, 2.75) is 32.7 Å². The third kappa shape index (κ3) is 3.42. The number of aromatic nitrogens is 2. The number of nitrogens with one attached hydrogen (secondary N) is 1. The predicted molar refractivity (Wildman–Crippen MR) is 76.7 cm³/mol. The highest BCUT2D eigenvalue weighted by Gasteiger charge is 2.26. The zero-order valence-electron chi connectivity index (χ0n) is 11.9. The fourth-order valence-electron chi connectivity index (χ4n) is 2.12. The van der Waals surface area contributed by atoms with Gasteiger partial charge in [0.05, 0.1) is 0 Å². The molecule has 1 N–H and O–H groups in total. The van der Waals surface area contributed by atoms with Crippen molar-refractivity contribution in [2.24, 2.45) is 0 Å². The maximum Gasteiger partial charge on any atom is 0.324 e. The summed E-state index contributed by atoms with van der Waals surface area (Å²) in [6, 6.07) is 0.142.